The lowest BCUT2D eigenvalue weighted by atomic mass is 10.2. The molecule has 6 heteroatoms. The van der Waals surface area contributed by atoms with E-state index in [4.69, 9.17) is 5.26 Å². The number of rotatable bonds is 5. The fraction of sp³-hybridized carbons (Fsp3) is 0.0526. The van der Waals surface area contributed by atoms with Crippen molar-refractivity contribution in [1.82, 2.24) is 15.3 Å². The van der Waals surface area contributed by atoms with Gasteiger partial charge in [-0.25, -0.2) is 9.97 Å². The molecule has 1 heterocycles. The summed E-state index contributed by atoms with van der Waals surface area (Å²) < 4.78 is 0. The van der Waals surface area contributed by atoms with E-state index >= 15 is 0 Å². The van der Waals surface area contributed by atoms with Gasteiger partial charge in [0.15, 0.2) is 0 Å². The summed E-state index contributed by atoms with van der Waals surface area (Å²) in [6.45, 7) is 0.433. The van der Waals surface area contributed by atoms with E-state index in [0.717, 1.165) is 11.3 Å². The van der Waals surface area contributed by atoms with E-state index in [1.807, 2.05) is 30.3 Å². The second-order valence-corrected chi connectivity index (χ2v) is 5.27. The molecule has 0 aliphatic heterocycles. The number of anilines is 2. The minimum atomic E-state index is -0.269. The van der Waals surface area contributed by atoms with Crippen LogP contribution in [0, 0.1) is 11.3 Å². The number of benzene rings is 2. The van der Waals surface area contributed by atoms with Crippen molar-refractivity contribution in [2.45, 2.75) is 6.54 Å². The summed E-state index contributed by atoms with van der Waals surface area (Å²) >= 11 is 0. The van der Waals surface area contributed by atoms with Crippen molar-refractivity contribution >= 4 is 17.4 Å². The second-order valence-electron chi connectivity index (χ2n) is 5.27. The molecule has 122 valence electrons. The zero-order chi connectivity index (χ0) is 17.5. The number of hydrogen-bond acceptors (Lipinski definition) is 5. The smallest absolute Gasteiger partial charge is 0.270 e. The Bertz CT molecular complexity index is 901. The molecule has 0 saturated heterocycles. The van der Waals surface area contributed by atoms with Gasteiger partial charge < -0.3 is 10.6 Å². The van der Waals surface area contributed by atoms with Gasteiger partial charge in [-0.1, -0.05) is 30.3 Å². The van der Waals surface area contributed by atoms with Crippen LogP contribution in [-0.2, 0) is 6.54 Å². The number of carbonyl (C=O) groups excluding carboxylic acids is 1. The van der Waals surface area contributed by atoms with Gasteiger partial charge in [0.05, 0.1) is 11.6 Å². The van der Waals surface area contributed by atoms with Crippen LogP contribution >= 0.6 is 0 Å². The molecule has 0 bridgehead atoms. The third-order valence-electron chi connectivity index (χ3n) is 3.48. The first kappa shape index (κ1) is 16.1. The first-order valence-electron chi connectivity index (χ1n) is 7.66. The third kappa shape index (κ3) is 4.39. The number of nitrogens with zero attached hydrogens (tertiary/aromatic N) is 3. The van der Waals surface area contributed by atoms with Crippen molar-refractivity contribution in [3.05, 3.63) is 83.8 Å². The highest BCUT2D eigenvalue weighted by Crippen LogP contribution is 2.15. The van der Waals surface area contributed by atoms with Gasteiger partial charge in [-0.3, -0.25) is 4.79 Å². The topological polar surface area (TPSA) is 90.7 Å². The van der Waals surface area contributed by atoms with Crippen LogP contribution in [0.4, 0.5) is 11.5 Å². The molecule has 25 heavy (non-hydrogen) atoms. The number of carbonyl (C=O) groups is 1. The molecule has 2 N–H and O–H groups in total. The Balaban J connectivity index is 1.66. The van der Waals surface area contributed by atoms with Crippen molar-refractivity contribution in [3.8, 4) is 6.07 Å². The van der Waals surface area contributed by atoms with Gasteiger partial charge in [-0.15, -0.1) is 0 Å². The molecule has 0 spiro atoms. The Labute approximate surface area is 145 Å². The second kappa shape index (κ2) is 7.70. The first-order chi connectivity index (χ1) is 12.2. The maximum atomic E-state index is 12.2. The van der Waals surface area contributed by atoms with Crippen molar-refractivity contribution in [1.29, 1.82) is 5.26 Å². The van der Waals surface area contributed by atoms with E-state index in [1.165, 1.54) is 6.33 Å². The van der Waals surface area contributed by atoms with E-state index in [-0.39, 0.29) is 11.6 Å². The van der Waals surface area contributed by atoms with E-state index in [1.54, 1.807) is 30.3 Å². The first-order valence-corrected chi connectivity index (χ1v) is 7.66. The summed E-state index contributed by atoms with van der Waals surface area (Å²) in [5.41, 5.74) is 2.64. The van der Waals surface area contributed by atoms with Crippen LogP contribution in [0.3, 0.4) is 0 Å². The highest BCUT2D eigenvalue weighted by atomic mass is 16.1. The zero-order valence-corrected chi connectivity index (χ0v) is 13.3. The van der Waals surface area contributed by atoms with Crippen molar-refractivity contribution < 1.29 is 4.79 Å². The van der Waals surface area contributed by atoms with Gasteiger partial charge >= 0.3 is 0 Å². The Morgan fingerprint density at radius 2 is 1.80 bits per heavy atom. The lowest BCUT2D eigenvalue weighted by Crippen LogP contribution is -2.24. The van der Waals surface area contributed by atoms with Crippen LogP contribution in [0.5, 0.6) is 0 Å². The summed E-state index contributed by atoms with van der Waals surface area (Å²) in [5, 5.41) is 14.7. The number of nitriles is 1. The van der Waals surface area contributed by atoms with Crippen molar-refractivity contribution in [3.63, 3.8) is 0 Å². The monoisotopic (exact) mass is 329 g/mol. The Morgan fingerprint density at radius 3 is 2.52 bits per heavy atom. The lowest BCUT2D eigenvalue weighted by Gasteiger charge is -2.08. The molecule has 0 fully saturated rings. The van der Waals surface area contributed by atoms with E-state index in [0.29, 0.717) is 17.9 Å². The fourth-order valence-corrected chi connectivity index (χ4v) is 2.19. The number of aromatic nitrogens is 2. The van der Waals surface area contributed by atoms with Crippen LogP contribution in [-0.4, -0.2) is 15.9 Å². The van der Waals surface area contributed by atoms with Crippen LogP contribution in [0.1, 0.15) is 21.6 Å². The Hall–Kier alpha value is -3.72. The summed E-state index contributed by atoms with van der Waals surface area (Å²) in [5.74, 6) is 0.235. The molecule has 0 radical (unpaired) electrons. The van der Waals surface area contributed by atoms with Crippen molar-refractivity contribution in [2.24, 2.45) is 0 Å². The minimum absolute atomic E-state index is 0.269. The van der Waals surface area contributed by atoms with Gasteiger partial charge in [0, 0.05) is 18.3 Å². The molecule has 0 aliphatic carbocycles. The Morgan fingerprint density at radius 1 is 1.04 bits per heavy atom. The molecule has 3 aromatic rings. The normalized spacial score (nSPS) is 9.88. The van der Waals surface area contributed by atoms with Gasteiger partial charge in [-0.05, 0) is 29.8 Å². The molecule has 0 atom stereocenters. The fourth-order valence-electron chi connectivity index (χ4n) is 2.19. The average Bonchev–Trinajstić information content (AvgIpc) is 2.68. The predicted octanol–water partition coefficient (Wildman–Crippen LogP) is 3.02. The zero-order valence-electron chi connectivity index (χ0n) is 13.3. The summed E-state index contributed by atoms with van der Waals surface area (Å²) in [7, 11) is 0. The van der Waals surface area contributed by atoms with E-state index in [2.05, 4.69) is 26.7 Å². The largest absolute Gasteiger partial charge is 0.347 e. The molecule has 2 aromatic carbocycles. The van der Waals surface area contributed by atoms with E-state index in [9.17, 15) is 4.79 Å². The van der Waals surface area contributed by atoms with Crippen LogP contribution in [0.25, 0.3) is 0 Å². The SMILES string of the molecule is N#Cc1ccc(Nc2cc(C(=O)NCc3ccccc3)ncn2)cc1. The average molecular weight is 329 g/mol. The molecule has 1 amide bonds. The molecular weight excluding hydrogens is 314 g/mol. The number of hydrogen-bond donors (Lipinski definition) is 2. The lowest BCUT2D eigenvalue weighted by molar-refractivity contribution is 0.0946. The molecule has 3 rings (SSSR count). The maximum absolute atomic E-state index is 12.2. The van der Waals surface area contributed by atoms with Gasteiger partial charge in [0.2, 0.25) is 0 Å². The van der Waals surface area contributed by atoms with Crippen LogP contribution in [0.2, 0.25) is 0 Å². The van der Waals surface area contributed by atoms with Crippen molar-refractivity contribution in [2.75, 3.05) is 5.32 Å². The maximum Gasteiger partial charge on any atom is 0.270 e. The summed E-state index contributed by atoms with van der Waals surface area (Å²) in [6.07, 6.45) is 1.34. The Kier molecular flexibility index (Phi) is 4.98. The predicted molar refractivity (Wildman–Crippen MR) is 94.1 cm³/mol. The molecule has 0 unspecified atom stereocenters. The third-order valence-corrected chi connectivity index (χ3v) is 3.48. The van der Waals surface area contributed by atoms with Gasteiger partial charge in [-0.2, -0.15) is 5.26 Å². The molecule has 0 saturated carbocycles. The van der Waals surface area contributed by atoms with E-state index < -0.39 is 0 Å². The standard InChI is InChI=1S/C19H15N5O/c20-11-14-6-8-16(9-7-14)24-18-10-17(22-13-23-18)19(25)21-12-15-4-2-1-3-5-15/h1-10,13H,12H2,(H,21,25)(H,22,23,24). The number of amides is 1. The quantitative estimate of drug-likeness (QED) is 0.751. The molecular formula is C19H15N5O. The highest BCUT2D eigenvalue weighted by Gasteiger charge is 2.08. The molecule has 6 nitrogen and oxygen atoms in total. The molecule has 1 aromatic heterocycles. The van der Waals surface area contributed by atoms with Gasteiger partial charge in [0.25, 0.3) is 5.91 Å². The summed E-state index contributed by atoms with van der Waals surface area (Å²) in [4.78, 5) is 20.4. The molecule has 0 aliphatic rings. The van der Waals surface area contributed by atoms with Crippen LogP contribution < -0.4 is 10.6 Å². The highest BCUT2D eigenvalue weighted by molar-refractivity contribution is 5.92. The summed E-state index contributed by atoms with van der Waals surface area (Å²) in [6, 6.07) is 20.3. The van der Waals surface area contributed by atoms with Gasteiger partial charge in [0.1, 0.15) is 17.8 Å². The number of nitrogens with one attached hydrogen (secondary N) is 2. The van der Waals surface area contributed by atoms with Crippen LogP contribution in [0.15, 0.2) is 67.0 Å². The minimum Gasteiger partial charge on any atom is -0.347 e.